The van der Waals surface area contributed by atoms with Gasteiger partial charge in [-0.15, -0.1) is 0 Å². The molecule has 1 aliphatic heterocycles. The van der Waals surface area contributed by atoms with Gasteiger partial charge in [0.25, 0.3) is 5.91 Å². The summed E-state index contributed by atoms with van der Waals surface area (Å²) in [4.78, 5) is 14.9. The van der Waals surface area contributed by atoms with Gasteiger partial charge in [-0.25, -0.2) is 0 Å². The number of ether oxygens (including phenoxy) is 1. The maximum Gasteiger partial charge on any atom is 0.290 e. The zero-order chi connectivity index (χ0) is 16.4. The first-order valence-corrected chi connectivity index (χ1v) is 7.83. The van der Waals surface area contributed by atoms with Crippen molar-refractivity contribution in [1.29, 1.82) is 0 Å². The molecule has 5 nitrogen and oxygen atoms in total. The molecule has 0 radical (unpaired) electrons. The van der Waals surface area contributed by atoms with Crippen LogP contribution in [0.5, 0.6) is 5.75 Å². The largest absolute Gasteiger partial charge is 0.496 e. The lowest BCUT2D eigenvalue weighted by molar-refractivity contribution is 0.0596. The fraction of sp³-hybridized carbons (Fsp3) is 0.389. The summed E-state index contributed by atoms with van der Waals surface area (Å²) in [6, 6.07) is 9.67. The Balaban J connectivity index is 1.96. The summed E-state index contributed by atoms with van der Waals surface area (Å²) in [5.41, 5.74) is 1.89. The number of aryl methyl sites for hydroxylation is 2. The summed E-state index contributed by atoms with van der Waals surface area (Å²) in [6.07, 6.45) is 0. The average Bonchev–Trinajstić information content (AvgIpc) is 2.92. The van der Waals surface area contributed by atoms with Gasteiger partial charge in [0.2, 0.25) is 0 Å². The minimum absolute atomic E-state index is 0.0620. The number of carbonyl (C=O) groups excluding carboxylic acids is 1. The zero-order valence-electron chi connectivity index (χ0n) is 13.8. The molecule has 0 saturated carbocycles. The zero-order valence-corrected chi connectivity index (χ0v) is 13.8. The first kappa shape index (κ1) is 15.6. The highest BCUT2D eigenvalue weighted by atomic mass is 16.5. The van der Waals surface area contributed by atoms with Crippen LogP contribution in [0.25, 0.3) is 0 Å². The Bertz CT molecular complexity index is 708. The minimum Gasteiger partial charge on any atom is -0.496 e. The van der Waals surface area contributed by atoms with E-state index in [1.165, 1.54) is 0 Å². The Morgan fingerprint density at radius 2 is 2.13 bits per heavy atom. The van der Waals surface area contributed by atoms with Crippen molar-refractivity contribution in [1.82, 2.24) is 10.2 Å². The van der Waals surface area contributed by atoms with Crippen molar-refractivity contribution in [2.24, 2.45) is 0 Å². The van der Waals surface area contributed by atoms with Gasteiger partial charge in [-0.3, -0.25) is 4.79 Å². The number of amides is 1. The van der Waals surface area contributed by atoms with Crippen molar-refractivity contribution in [3.8, 4) is 5.75 Å². The van der Waals surface area contributed by atoms with Crippen LogP contribution in [-0.2, 0) is 0 Å². The molecule has 0 bridgehead atoms. The first-order valence-electron chi connectivity index (χ1n) is 7.83. The van der Waals surface area contributed by atoms with E-state index >= 15 is 0 Å². The van der Waals surface area contributed by atoms with Gasteiger partial charge in [0.15, 0.2) is 5.76 Å². The quantitative estimate of drug-likeness (QED) is 0.946. The van der Waals surface area contributed by atoms with Crippen molar-refractivity contribution in [3.63, 3.8) is 0 Å². The van der Waals surface area contributed by atoms with Gasteiger partial charge in [0, 0.05) is 30.8 Å². The van der Waals surface area contributed by atoms with Gasteiger partial charge in [-0.1, -0.05) is 18.2 Å². The van der Waals surface area contributed by atoms with Crippen LogP contribution in [0.1, 0.15) is 33.5 Å². The highest BCUT2D eigenvalue weighted by molar-refractivity contribution is 5.93. The number of methoxy groups -OCH3 is 1. The lowest BCUT2D eigenvalue weighted by Gasteiger charge is -2.36. The molecule has 5 heteroatoms. The molecular weight excluding hydrogens is 292 g/mol. The standard InChI is InChI=1S/C18H22N2O3/c1-12-10-13(2)23-17(12)18(21)20-9-8-19-11-15(20)14-6-4-5-7-16(14)22-3/h4-7,10,15,19H,8-9,11H2,1-3H3. The second-order valence-corrected chi connectivity index (χ2v) is 5.83. The number of rotatable bonds is 3. The molecule has 2 heterocycles. The Hall–Kier alpha value is -2.27. The maximum atomic E-state index is 13.0. The van der Waals surface area contributed by atoms with Crippen molar-refractivity contribution in [3.05, 3.63) is 53.0 Å². The second-order valence-electron chi connectivity index (χ2n) is 5.83. The Morgan fingerprint density at radius 3 is 2.83 bits per heavy atom. The summed E-state index contributed by atoms with van der Waals surface area (Å²) < 4.78 is 11.1. The van der Waals surface area contributed by atoms with E-state index in [1.54, 1.807) is 7.11 Å². The second kappa shape index (κ2) is 6.46. The van der Waals surface area contributed by atoms with Gasteiger partial charge in [0.05, 0.1) is 13.2 Å². The topological polar surface area (TPSA) is 54.7 Å². The SMILES string of the molecule is COc1ccccc1C1CNCCN1C(=O)c1oc(C)cc1C. The van der Waals surface area contributed by atoms with Crippen molar-refractivity contribution in [2.45, 2.75) is 19.9 Å². The third-order valence-electron chi connectivity index (χ3n) is 4.24. The van der Waals surface area contributed by atoms with Crippen molar-refractivity contribution < 1.29 is 13.9 Å². The molecule has 1 aromatic carbocycles. The number of nitrogens with one attached hydrogen (secondary N) is 1. The monoisotopic (exact) mass is 314 g/mol. The number of piperazine rings is 1. The predicted molar refractivity (Wildman–Crippen MR) is 87.8 cm³/mol. The van der Waals surface area contributed by atoms with Crippen LogP contribution >= 0.6 is 0 Å². The average molecular weight is 314 g/mol. The molecule has 1 saturated heterocycles. The number of carbonyl (C=O) groups is 1. The Labute approximate surface area is 136 Å². The number of hydrogen-bond donors (Lipinski definition) is 1. The van der Waals surface area contributed by atoms with Crippen molar-refractivity contribution >= 4 is 5.91 Å². The van der Waals surface area contributed by atoms with Crippen LogP contribution in [0.4, 0.5) is 0 Å². The molecule has 1 fully saturated rings. The molecule has 1 aromatic heterocycles. The van der Waals surface area contributed by atoms with Gasteiger partial charge < -0.3 is 19.4 Å². The lowest BCUT2D eigenvalue weighted by atomic mass is 10.0. The number of furan rings is 1. The highest BCUT2D eigenvalue weighted by Gasteiger charge is 2.32. The van der Waals surface area contributed by atoms with E-state index < -0.39 is 0 Å². The van der Waals surface area contributed by atoms with Crippen LogP contribution in [0, 0.1) is 13.8 Å². The first-order chi connectivity index (χ1) is 11.1. The fourth-order valence-electron chi connectivity index (χ4n) is 3.15. The highest BCUT2D eigenvalue weighted by Crippen LogP contribution is 2.31. The van der Waals surface area contributed by atoms with E-state index in [2.05, 4.69) is 5.32 Å². The van der Waals surface area contributed by atoms with Crippen LogP contribution in [0.3, 0.4) is 0 Å². The lowest BCUT2D eigenvalue weighted by Crippen LogP contribution is -2.48. The fourth-order valence-corrected chi connectivity index (χ4v) is 3.15. The van der Waals surface area contributed by atoms with Crippen molar-refractivity contribution in [2.75, 3.05) is 26.7 Å². The molecule has 0 spiro atoms. The predicted octanol–water partition coefficient (Wildman–Crippen LogP) is 2.69. The number of para-hydroxylation sites is 1. The molecule has 2 aromatic rings. The summed E-state index contributed by atoms with van der Waals surface area (Å²) >= 11 is 0. The van der Waals surface area contributed by atoms with E-state index in [9.17, 15) is 4.79 Å². The summed E-state index contributed by atoms with van der Waals surface area (Å²) in [7, 11) is 1.65. The molecule has 1 N–H and O–H groups in total. The molecule has 3 rings (SSSR count). The third-order valence-corrected chi connectivity index (χ3v) is 4.24. The number of hydrogen-bond acceptors (Lipinski definition) is 4. The molecule has 1 aliphatic rings. The molecule has 122 valence electrons. The molecule has 1 amide bonds. The van der Waals surface area contributed by atoms with Crippen LogP contribution in [0.15, 0.2) is 34.7 Å². The van der Waals surface area contributed by atoms with E-state index in [0.717, 1.165) is 29.2 Å². The van der Waals surface area contributed by atoms with E-state index in [1.807, 2.05) is 49.1 Å². The van der Waals surface area contributed by atoms with E-state index in [4.69, 9.17) is 9.15 Å². The van der Waals surface area contributed by atoms with Gasteiger partial charge in [-0.05, 0) is 26.0 Å². The van der Waals surface area contributed by atoms with Crippen LogP contribution < -0.4 is 10.1 Å². The van der Waals surface area contributed by atoms with Gasteiger partial charge in [0.1, 0.15) is 11.5 Å². The minimum atomic E-state index is -0.0720. The number of nitrogens with zero attached hydrogens (tertiary/aromatic N) is 1. The summed E-state index contributed by atoms with van der Waals surface area (Å²) in [5, 5.41) is 3.36. The molecule has 1 unspecified atom stereocenters. The molecule has 0 aliphatic carbocycles. The molecule has 23 heavy (non-hydrogen) atoms. The summed E-state index contributed by atoms with van der Waals surface area (Å²) in [5.74, 6) is 1.93. The van der Waals surface area contributed by atoms with Crippen LogP contribution in [0.2, 0.25) is 0 Å². The Kier molecular flexibility index (Phi) is 4.39. The van der Waals surface area contributed by atoms with Gasteiger partial charge >= 0.3 is 0 Å². The summed E-state index contributed by atoms with van der Waals surface area (Å²) in [6.45, 7) is 5.88. The van der Waals surface area contributed by atoms with E-state index in [-0.39, 0.29) is 11.9 Å². The molecular formula is C18H22N2O3. The normalized spacial score (nSPS) is 18.0. The van der Waals surface area contributed by atoms with E-state index in [0.29, 0.717) is 18.8 Å². The Morgan fingerprint density at radius 1 is 1.35 bits per heavy atom. The maximum absolute atomic E-state index is 13.0. The third kappa shape index (κ3) is 2.97. The number of benzene rings is 1. The van der Waals surface area contributed by atoms with Gasteiger partial charge in [-0.2, -0.15) is 0 Å². The smallest absolute Gasteiger partial charge is 0.290 e. The molecule has 1 atom stereocenters. The van der Waals surface area contributed by atoms with Crippen LogP contribution in [-0.4, -0.2) is 37.6 Å².